The molecule has 3 aromatic rings. The number of carbonyl (C=O) groups excluding carboxylic acids is 1. The van der Waals surface area contributed by atoms with Crippen LogP contribution in [0.15, 0.2) is 47.6 Å². The second kappa shape index (κ2) is 11.8. The minimum atomic E-state index is -3.91. The molecule has 0 atom stereocenters. The molecule has 1 fully saturated rings. The fourth-order valence-corrected chi connectivity index (χ4v) is 5.76. The Balaban J connectivity index is 0.000000379. The average molecular weight is 553 g/mol. The maximum Gasteiger partial charge on any atom is 0.337 e. The van der Waals surface area contributed by atoms with Crippen LogP contribution in [0.3, 0.4) is 0 Å². The Bertz CT molecular complexity index is 1510. The molecule has 0 aliphatic carbocycles. The Morgan fingerprint density at radius 3 is 2.59 bits per heavy atom. The number of hydrogen-bond acceptors (Lipinski definition) is 7. The molecular formula is C27H32N6O5S. The molecule has 2 aliphatic rings. The number of amides is 1. The lowest BCUT2D eigenvalue weighted by Gasteiger charge is -2.11. The van der Waals surface area contributed by atoms with Crippen LogP contribution < -0.4 is 15.8 Å². The van der Waals surface area contributed by atoms with E-state index in [4.69, 9.17) is 5.73 Å². The number of hydrogen-bond donors (Lipinski definition) is 5. The zero-order valence-corrected chi connectivity index (χ0v) is 22.6. The second-order valence-corrected chi connectivity index (χ2v) is 11.1. The highest BCUT2D eigenvalue weighted by Gasteiger charge is 2.28. The van der Waals surface area contributed by atoms with E-state index in [2.05, 4.69) is 24.9 Å². The van der Waals surface area contributed by atoms with Crippen LogP contribution >= 0.6 is 0 Å². The summed E-state index contributed by atoms with van der Waals surface area (Å²) in [4.78, 5) is 33.3. The summed E-state index contributed by atoms with van der Waals surface area (Å²) < 4.78 is 28.0. The Morgan fingerprint density at radius 1 is 1.23 bits per heavy atom. The fraction of sp³-hybridized carbons (Fsp3) is 0.296. The van der Waals surface area contributed by atoms with Gasteiger partial charge in [-0.05, 0) is 81.7 Å². The van der Waals surface area contributed by atoms with Crippen LogP contribution in [0.5, 0.6) is 0 Å². The van der Waals surface area contributed by atoms with Gasteiger partial charge in [-0.1, -0.05) is 0 Å². The monoisotopic (exact) mass is 552 g/mol. The number of nitrogens with two attached hydrogens (primary N) is 1. The van der Waals surface area contributed by atoms with E-state index < -0.39 is 21.9 Å². The van der Waals surface area contributed by atoms with Crippen LogP contribution in [-0.4, -0.2) is 66.4 Å². The minimum absolute atomic E-state index is 0.0249. The van der Waals surface area contributed by atoms with Crippen molar-refractivity contribution in [2.24, 2.45) is 5.73 Å². The lowest BCUT2D eigenvalue weighted by atomic mass is 10.0. The number of fused-ring (bicyclic) bond motifs is 1. The Labute approximate surface area is 227 Å². The molecule has 2 aliphatic heterocycles. The van der Waals surface area contributed by atoms with Crippen molar-refractivity contribution in [1.29, 1.82) is 0 Å². The molecule has 2 aromatic heterocycles. The van der Waals surface area contributed by atoms with Gasteiger partial charge >= 0.3 is 5.97 Å². The van der Waals surface area contributed by atoms with Crippen molar-refractivity contribution in [3.8, 4) is 0 Å². The number of benzene rings is 1. The van der Waals surface area contributed by atoms with Crippen LogP contribution in [0, 0.1) is 13.8 Å². The SMILES string of the molecule is Cc1[nH]c(C=C2C(=O)Nc3ccc(S(=O)(=O)Nc4cccnc4)cc32)c(C)c1C(=O)O.NCCN1CCCC1. The van der Waals surface area contributed by atoms with E-state index >= 15 is 0 Å². The number of carboxylic acids is 1. The molecule has 0 bridgehead atoms. The van der Waals surface area contributed by atoms with Crippen molar-refractivity contribution in [3.05, 3.63) is 70.8 Å². The third-order valence-corrected chi connectivity index (χ3v) is 8.00. The van der Waals surface area contributed by atoms with Crippen molar-refractivity contribution in [2.75, 3.05) is 36.2 Å². The normalized spacial score (nSPS) is 16.0. The minimum Gasteiger partial charge on any atom is -0.478 e. The molecule has 4 heterocycles. The van der Waals surface area contributed by atoms with E-state index in [1.54, 1.807) is 26.0 Å². The van der Waals surface area contributed by atoms with Crippen molar-refractivity contribution in [3.63, 3.8) is 0 Å². The zero-order valence-electron chi connectivity index (χ0n) is 21.8. The summed E-state index contributed by atoms with van der Waals surface area (Å²) in [6.07, 6.45) is 7.19. The number of likely N-dealkylation sites (tertiary alicyclic amines) is 1. The fourth-order valence-electron chi connectivity index (χ4n) is 4.69. The number of H-pyrrole nitrogens is 1. The van der Waals surface area contributed by atoms with Gasteiger partial charge in [-0.25, -0.2) is 13.2 Å². The molecule has 1 aromatic carbocycles. The molecule has 12 heteroatoms. The number of rotatable bonds is 7. The first-order chi connectivity index (χ1) is 18.6. The molecule has 1 saturated heterocycles. The highest BCUT2D eigenvalue weighted by Crippen LogP contribution is 2.36. The Morgan fingerprint density at radius 2 is 1.97 bits per heavy atom. The topological polar surface area (TPSA) is 171 Å². The van der Waals surface area contributed by atoms with Crippen molar-refractivity contribution < 1.29 is 23.1 Å². The van der Waals surface area contributed by atoms with Gasteiger partial charge in [-0.3, -0.25) is 14.5 Å². The lowest BCUT2D eigenvalue weighted by molar-refractivity contribution is -0.110. The van der Waals surface area contributed by atoms with Crippen LogP contribution in [0.2, 0.25) is 0 Å². The maximum atomic E-state index is 12.8. The summed E-state index contributed by atoms with van der Waals surface area (Å²) >= 11 is 0. The largest absolute Gasteiger partial charge is 0.478 e. The number of anilines is 2. The van der Waals surface area contributed by atoms with Gasteiger partial charge in [0, 0.05) is 41.9 Å². The van der Waals surface area contributed by atoms with Crippen molar-refractivity contribution in [1.82, 2.24) is 14.9 Å². The van der Waals surface area contributed by atoms with E-state index in [0.29, 0.717) is 33.9 Å². The predicted molar refractivity (Wildman–Crippen MR) is 150 cm³/mol. The number of sulfonamides is 1. The molecule has 0 spiro atoms. The highest BCUT2D eigenvalue weighted by atomic mass is 32.2. The molecule has 6 N–H and O–H groups in total. The number of nitrogens with zero attached hydrogens (tertiary/aromatic N) is 2. The van der Waals surface area contributed by atoms with E-state index in [1.807, 2.05) is 0 Å². The van der Waals surface area contributed by atoms with Gasteiger partial charge in [-0.15, -0.1) is 0 Å². The number of aromatic nitrogens is 2. The first-order valence-corrected chi connectivity index (χ1v) is 14.0. The summed E-state index contributed by atoms with van der Waals surface area (Å²) in [5.74, 6) is -1.48. The van der Waals surface area contributed by atoms with Crippen LogP contribution in [0.25, 0.3) is 11.6 Å². The first-order valence-electron chi connectivity index (χ1n) is 12.6. The molecule has 11 nitrogen and oxygen atoms in total. The third kappa shape index (κ3) is 6.36. The standard InChI is InChI=1S/C21H18N4O5S.C6H14N2/c1-11-18(23-12(2)19(11)21(27)28)9-16-15-8-14(5-6-17(15)24-20(16)26)31(29,30)25-13-4-3-7-22-10-13;7-3-6-8-4-1-2-5-8/h3-10,23,25H,1-2H3,(H,24,26)(H,27,28);1-7H2. The number of aromatic amines is 1. The summed E-state index contributed by atoms with van der Waals surface area (Å²) in [5, 5.41) is 12.1. The van der Waals surface area contributed by atoms with Gasteiger partial charge in [0.1, 0.15) is 0 Å². The smallest absolute Gasteiger partial charge is 0.337 e. The lowest BCUT2D eigenvalue weighted by Crippen LogP contribution is -2.26. The number of carbonyl (C=O) groups is 2. The van der Waals surface area contributed by atoms with Gasteiger partial charge in [0.05, 0.1) is 27.9 Å². The zero-order chi connectivity index (χ0) is 28.2. The quantitative estimate of drug-likeness (QED) is 0.278. The molecule has 0 unspecified atom stereocenters. The summed E-state index contributed by atoms with van der Waals surface area (Å²) in [5.41, 5.74) is 8.34. The Kier molecular flexibility index (Phi) is 8.48. The van der Waals surface area contributed by atoms with Crippen molar-refractivity contribution >= 4 is 44.9 Å². The number of pyridine rings is 1. The number of nitrogens with one attached hydrogen (secondary N) is 3. The van der Waals surface area contributed by atoms with Crippen LogP contribution in [0.4, 0.5) is 11.4 Å². The molecule has 0 radical (unpaired) electrons. The predicted octanol–water partition coefficient (Wildman–Crippen LogP) is 3.06. The van der Waals surface area contributed by atoms with E-state index in [9.17, 15) is 23.1 Å². The van der Waals surface area contributed by atoms with Crippen LogP contribution in [0.1, 0.15) is 45.7 Å². The van der Waals surface area contributed by atoms with Crippen molar-refractivity contribution in [2.45, 2.75) is 31.6 Å². The van der Waals surface area contributed by atoms with E-state index in [1.165, 1.54) is 62.6 Å². The van der Waals surface area contributed by atoms with Gasteiger partial charge in [0.2, 0.25) is 0 Å². The second-order valence-electron chi connectivity index (χ2n) is 9.37. The van der Waals surface area contributed by atoms with E-state index in [0.717, 1.165) is 13.1 Å². The van der Waals surface area contributed by atoms with Gasteiger partial charge in [0.15, 0.2) is 0 Å². The number of carboxylic acid groups (broad SMARTS) is 1. The van der Waals surface area contributed by atoms with Gasteiger partial charge in [-0.2, -0.15) is 0 Å². The van der Waals surface area contributed by atoms with Gasteiger partial charge < -0.3 is 26.0 Å². The third-order valence-electron chi connectivity index (χ3n) is 6.62. The number of aromatic carboxylic acids is 1. The summed E-state index contributed by atoms with van der Waals surface area (Å²) in [7, 11) is -3.91. The number of aryl methyl sites for hydroxylation is 1. The first kappa shape index (κ1) is 28.0. The van der Waals surface area contributed by atoms with E-state index in [-0.39, 0.29) is 16.0 Å². The molecule has 1 amide bonds. The molecule has 0 saturated carbocycles. The molecular weight excluding hydrogens is 520 g/mol. The molecule has 206 valence electrons. The summed E-state index contributed by atoms with van der Waals surface area (Å²) in [6.45, 7) is 7.75. The Hall–Kier alpha value is -4.00. The average Bonchev–Trinajstić information content (AvgIpc) is 3.58. The van der Waals surface area contributed by atoms with Crippen LogP contribution in [-0.2, 0) is 14.8 Å². The molecule has 39 heavy (non-hydrogen) atoms. The molecule has 5 rings (SSSR count). The summed E-state index contributed by atoms with van der Waals surface area (Å²) in [6, 6.07) is 7.50. The maximum absolute atomic E-state index is 12.8. The van der Waals surface area contributed by atoms with Gasteiger partial charge in [0.25, 0.3) is 15.9 Å². The highest BCUT2D eigenvalue weighted by molar-refractivity contribution is 7.92.